The summed E-state index contributed by atoms with van der Waals surface area (Å²) in [6.07, 6.45) is 1.10. The molecular weight excluding hydrogens is 295 g/mol. The molecule has 0 saturated carbocycles. The number of halogens is 1. The van der Waals surface area contributed by atoms with Gasteiger partial charge in [-0.05, 0) is 60.7 Å². The number of rotatable bonds is 2. The van der Waals surface area contributed by atoms with E-state index in [4.69, 9.17) is 14.0 Å². The topological polar surface area (TPSA) is 27.7 Å². The van der Waals surface area contributed by atoms with E-state index in [1.165, 1.54) is 0 Å². The van der Waals surface area contributed by atoms with E-state index in [-0.39, 0.29) is 18.8 Å². The van der Waals surface area contributed by atoms with E-state index in [1.54, 1.807) is 7.11 Å². The summed E-state index contributed by atoms with van der Waals surface area (Å²) in [6.45, 7) is 6.27. The molecule has 0 aliphatic carbocycles. The Morgan fingerprint density at radius 2 is 2.17 bits per heavy atom. The Hall–Kier alpha value is -0.515. The van der Waals surface area contributed by atoms with Crippen molar-refractivity contribution >= 4 is 28.5 Å². The number of benzene rings is 1. The summed E-state index contributed by atoms with van der Waals surface area (Å²) in [5, 5.41) is 0. The molecule has 0 amide bonds. The summed E-state index contributed by atoms with van der Waals surface area (Å²) in [6, 6.07) is 5.87. The Morgan fingerprint density at radius 1 is 1.44 bits per heavy atom. The van der Waals surface area contributed by atoms with Crippen molar-refractivity contribution in [1.29, 1.82) is 0 Å². The molecular formula is C13H18BBrO3. The van der Waals surface area contributed by atoms with Crippen molar-refractivity contribution in [2.75, 3.05) is 7.11 Å². The average molecular weight is 313 g/mol. The molecule has 1 fully saturated rings. The number of hydrogen-bond donors (Lipinski definition) is 0. The lowest BCUT2D eigenvalue weighted by atomic mass is 9.75. The van der Waals surface area contributed by atoms with E-state index in [9.17, 15) is 0 Å². The van der Waals surface area contributed by atoms with Gasteiger partial charge in [0.1, 0.15) is 5.75 Å². The molecule has 0 N–H and O–H groups in total. The quantitative estimate of drug-likeness (QED) is 0.786. The van der Waals surface area contributed by atoms with Crippen LogP contribution in [0, 0.1) is 0 Å². The fourth-order valence-electron chi connectivity index (χ4n) is 2.29. The number of hydrogen-bond acceptors (Lipinski definition) is 3. The number of ether oxygens (including phenoxy) is 1. The van der Waals surface area contributed by atoms with Crippen LogP contribution in [-0.4, -0.2) is 25.9 Å². The van der Waals surface area contributed by atoms with Gasteiger partial charge >= 0.3 is 7.12 Å². The third-order valence-corrected chi connectivity index (χ3v) is 3.63. The molecule has 1 heterocycles. The summed E-state index contributed by atoms with van der Waals surface area (Å²) in [5.74, 6) is 0.807. The first-order chi connectivity index (χ1) is 8.41. The van der Waals surface area contributed by atoms with Gasteiger partial charge in [-0.2, -0.15) is 0 Å². The van der Waals surface area contributed by atoms with Crippen LogP contribution in [0.25, 0.3) is 0 Å². The molecule has 1 aromatic rings. The van der Waals surface area contributed by atoms with Crippen molar-refractivity contribution in [2.24, 2.45) is 0 Å². The lowest BCUT2D eigenvalue weighted by Gasteiger charge is -2.38. The van der Waals surface area contributed by atoms with E-state index < -0.39 is 0 Å². The van der Waals surface area contributed by atoms with E-state index in [0.29, 0.717) is 0 Å². The second-order valence-corrected chi connectivity index (χ2v) is 6.11. The van der Waals surface area contributed by atoms with Gasteiger partial charge in [0.25, 0.3) is 0 Å². The highest BCUT2D eigenvalue weighted by atomic mass is 79.9. The summed E-state index contributed by atoms with van der Waals surface area (Å²) in [7, 11) is 1.34. The van der Waals surface area contributed by atoms with Gasteiger partial charge in [-0.3, -0.25) is 0 Å². The maximum absolute atomic E-state index is 5.97. The normalized spacial score (nSPS) is 22.9. The predicted octanol–water partition coefficient (Wildman–Crippen LogP) is 2.76. The SMILES string of the molecule is COc1ccc(B2OC(C)CC(C)(C)O2)cc1Br. The van der Waals surface area contributed by atoms with E-state index in [2.05, 4.69) is 36.7 Å². The van der Waals surface area contributed by atoms with Crippen LogP contribution in [0.3, 0.4) is 0 Å². The van der Waals surface area contributed by atoms with Crippen LogP contribution in [0.1, 0.15) is 27.2 Å². The zero-order chi connectivity index (χ0) is 13.3. The smallest absolute Gasteiger partial charge is 0.494 e. The Kier molecular flexibility index (Phi) is 4.04. The van der Waals surface area contributed by atoms with Crippen LogP contribution in [0.15, 0.2) is 22.7 Å². The van der Waals surface area contributed by atoms with Crippen LogP contribution >= 0.6 is 15.9 Å². The summed E-state index contributed by atoms with van der Waals surface area (Å²) >= 11 is 3.48. The Bertz CT molecular complexity index is 436. The fraction of sp³-hybridized carbons (Fsp3) is 0.538. The highest BCUT2D eigenvalue weighted by Gasteiger charge is 2.38. The standard InChI is InChI=1S/C13H18BBrO3/c1-9-8-13(2,3)18-14(17-9)10-5-6-12(16-4)11(15)7-10/h5-7,9H,8H2,1-4H3. The monoisotopic (exact) mass is 312 g/mol. The van der Waals surface area contributed by atoms with Gasteiger partial charge in [0, 0.05) is 6.10 Å². The molecule has 0 spiro atoms. The average Bonchev–Trinajstić information content (AvgIpc) is 2.26. The molecule has 1 atom stereocenters. The van der Waals surface area contributed by atoms with Gasteiger partial charge in [-0.25, -0.2) is 0 Å². The molecule has 0 radical (unpaired) electrons. The third-order valence-electron chi connectivity index (χ3n) is 3.01. The molecule has 1 aromatic carbocycles. The van der Waals surface area contributed by atoms with Crippen molar-refractivity contribution in [3.05, 3.63) is 22.7 Å². The molecule has 2 rings (SSSR count). The molecule has 0 bridgehead atoms. The minimum absolute atomic E-state index is 0.158. The molecule has 5 heteroatoms. The van der Waals surface area contributed by atoms with E-state index in [1.807, 2.05) is 18.2 Å². The molecule has 18 heavy (non-hydrogen) atoms. The van der Waals surface area contributed by atoms with Crippen molar-refractivity contribution in [3.8, 4) is 5.75 Å². The Labute approximate surface area is 117 Å². The summed E-state index contributed by atoms with van der Waals surface area (Å²) in [5.41, 5.74) is 0.844. The van der Waals surface area contributed by atoms with Crippen molar-refractivity contribution in [2.45, 2.75) is 38.9 Å². The minimum atomic E-state index is -0.314. The largest absolute Gasteiger partial charge is 0.496 e. The summed E-state index contributed by atoms with van der Waals surface area (Å²) in [4.78, 5) is 0. The molecule has 1 saturated heterocycles. The predicted molar refractivity (Wildman–Crippen MR) is 76.4 cm³/mol. The molecule has 1 unspecified atom stereocenters. The van der Waals surface area contributed by atoms with Gasteiger partial charge in [0.05, 0.1) is 17.2 Å². The Balaban J connectivity index is 2.23. The molecule has 0 aromatic heterocycles. The van der Waals surface area contributed by atoms with Gasteiger partial charge in [0.15, 0.2) is 0 Å². The molecule has 3 nitrogen and oxygen atoms in total. The first kappa shape index (κ1) is 13.9. The zero-order valence-corrected chi connectivity index (χ0v) is 12.8. The van der Waals surface area contributed by atoms with Crippen LogP contribution < -0.4 is 10.2 Å². The van der Waals surface area contributed by atoms with Crippen LogP contribution in [0.4, 0.5) is 0 Å². The second kappa shape index (κ2) is 5.23. The zero-order valence-electron chi connectivity index (χ0n) is 11.2. The van der Waals surface area contributed by atoms with Crippen LogP contribution in [0.2, 0.25) is 0 Å². The van der Waals surface area contributed by atoms with Gasteiger partial charge in [0.2, 0.25) is 0 Å². The van der Waals surface area contributed by atoms with Crippen LogP contribution in [0.5, 0.6) is 5.75 Å². The lowest BCUT2D eigenvalue weighted by molar-refractivity contribution is -0.0229. The highest BCUT2D eigenvalue weighted by Crippen LogP contribution is 2.27. The van der Waals surface area contributed by atoms with Crippen molar-refractivity contribution in [3.63, 3.8) is 0 Å². The molecule has 98 valence electrons. The Morgan fingerprint density at radius 3 is 2.72 bits per heavy atom. The molecule has 1 aliphatic rings. The summed E-state index contributed by atoms with van der Waals surface area (Å²) < 4.78 is 18.0. The highest BCUT2D eigenvalue weighted by molar-refractivity contribution is 9.10. The van der Waals surface area contributed by atoms with Gasteiger partial charge < -0.3 is 14.0 Å². The number of methoxy groups -OCH3 is 1. The second-order valence-electron chi connectivity index (χ2n) is 5.25. The third kappa shape index (κ3) is 3.08. The van der Waals surface area contributed by atoms with Gasteiger partial charge in [-0.1, -0.05) is 6.07 Å². The van der Waals surface area contributed by atoms with Crippen molar-refractivity contribution < 1.29 is 14.0 Å². The van der Waals surface area contributed by atoms with Crippen LogP contribution in [-0.2, 0) is 9.31 Å². The van der Waals surface area contributed by atoms with E-state index >= 15 is 0 Å². The maximum Gasteiger partial charge on any atom is 0.494 e. The maximum atomic E-state index is 5.97. The van der Waals surface area contributed by atoms with E-state index in [0.717, 1.165) is 22.1 Å². The lowest BCUT2D eigenvalue weighted by Crippen LogP contribution is -2.51. The first-order valence-electron chi connectivity index (χ1n) is 6.08. The fourth-order valence-corrected chi connectivity index (χ4v) is 2.85. The van der Waals surface area contributed by atoms with Gasteiger partial charge in [-0.15, -0.1) is 0 Å². The van der Waals surface area contributed by atoms with Crippen molar-refractivity contribution in [1.82, 2.24) is 0 Å². The molecule has 1 aliphatic heterocycles. The first-order valence-corrected chi connectivity index (χ1v) is 6.87. The minimum Gasteiger partial charge on any atom is -0.496 e.